The van der Waals surface area contributed by atoms with Crippen molar-refractivity contribution >= 4 is 12.2 Å². The molecule has 0 aromatic heterocycles. The van der Waals surface area contributed by atoms with Crippen LogP contribution in [0.1, 0.15) is 27.7 Å². The molecule has 0 heterocycles. The summed E-state index contributed by atoms with van der Waals surface area (Å²) < 4.78 is 0. The van der Waals surface area contributed by atoms with Crippen LogP contribution in [0.3, 0.4) is 0 Å². The molecular formula is C12H14N2O2. The largest absolute Gasteiger partial charge is 0.236 e. The minimum Gasteiger partial charge on any atom is -0.211 e. The lowest BCUT2D eigenvalue weighted by atomic mass is 9.77. The highest BCUT2D eigenvalue weighted by molar-refractivity contribution is 5.50. The Kier molecular flexibility index (Phi) is 3.09. The van der Waals surface area contributed by atoms with Gasteiger partial charge in [-0.1, -0.05) is 12.2 Å². The molecule has 0 aromatic rings. The van der Waals surface area contributed by atoms with E-state index in [0.29, 0.717) is 0 Å². The number of nitrogens with zero attached hydrogens (tertiary/aromatic N) is 2. The highest BCUT2D eigenvalue weighted by Crippen LogP contribution is 2.36. The summed E-state index contributed by atoms with van der Waals surface area (Å²) in [6.07, 6.45) is 6.79. The van der Waals surface area contributed by atoms with Gasteiger partial charge in [-0.15, -0.1) is 0 Å². The van der Waals surface area contributed by atoms with E-state index in [2.05, 4.69) is 9.98 Å². The molecule has 0 N–H and O–H groups in total. The van der Waals surface area contributed by atoms with Crippen LogP contribution in [-0.4, -0.2) is 23.2 Å². The summed E-state index contributed by atoms with van der Waals surface area (Å²) in [5.74, 6) is 0. The van der Waals surface area contributed by atoms with Gasteiger partial charge in [0, 0.05) is 0 Å². The van der Waals surface area contributed by atoms with E-state index in [1.54, 1.807) is 12.2 Å². The molecule has 0 bridgehead atoms. The van der Waals surface area contributed by atoms with Crippen molar-refractivity contribution in [1.29, 1.82) is 0 Å². The van der Waals surface area contributed by atoms with E-state index >= 15 is 0 Å². The van der Waals surface area contributed by atoms with Crippen LogP contribution < -0.4 is 0 Å². The molecule has 0 spiro atoms. The fourth-order valence-electron chi connectivity index (χ4n) is 1.79. The average molecular weight is 218 g/mol. The molecule has 4 nitrogen and oxygen atoms in total. The van der Waals surface area contributed by atoms with E-state index in [-0.39, 0.29) is 0 Å². The first-order valence-electron chi connectivity index (χ1n) is 4.96. The third-order valence-electron chi connectivity index (χ3n) is 3.15. The van der Waals surface area contributed by atoms with Crippen LogP contribution in [0.2, 0.25) is 0 Å². The fraction of sp³-hybridized carbons (Fsp3) is 0.500. The monoisotopic (exact) mass is 218 g/mol. The third-order valence-corrected chi connectivity index (χ3v) is 3.15. The quantitative estimate of drug-likeness (QED) is 0.404. The Bertz CT molecular complexity index is 421. The van der Waals surface area contributed by atoms with Gasteiger partial charge in [0.25, 0.3) is 0 Å². The highest BCUT2D eigenvalue weighted by Gasteiger charge is 2.35. The Morgan fingerprint density at radius 3 is 1.50 bits per heavy atom. The zero-order valence-corrected chi connectivity index (χ0v) is 9.87. The van der Waals surface area contributed by atoms with Gasteiger partial charge in [-0.2, -0.15) is 9.98 Å². The smallest absolute Gasteiger partial charge is 0.211 e. The number of isocyanates is 2. The molecule has 2 unspecified atom stereocenters. The number of aliphatic imine (C=N–C) groups is 2. The van der Waals surface area contributed by atoms with Crippen LogP contribution >= 0.6 is 0 Å². The first-order chi connectivity index (χ1) is 7.38. The maximum Gasteiger partial charge on any atom is 0.236 e. The second-order valence-electron chi connectivity index (χ2n) is 4.36. The summed E-state index contributed by atoms with van der Waals surface area (Å²) in [5, 5.41) is 0. The second kappa shape index (κ2) is 4.01. The average Bonchev–Trinajstić information content (AvgIpc) is 2.16. The van der Waals surface area contributed by atoms with Gasteiger partial charge in [0.05, 0.1) is 0 Å². The van der Waals surface area contributed by atoms with Crippen LogP contribution in [0.5, 0.6) is 0 Å². The fourth-order valence-corrected chi connectivity index (χ4v) is 1.79. The Morgan fingerprint density at radius 2 is 1.25 bits per heavy atom. The summed E-state index contributed by atoms with van der Waals surface area (Å²) in [4.78, 5) is 28.3. The van der Waals surface area contributed by atoms with Crippen LogP contribution in [-0.2, 0) is 9.59 Å². The van der Waals surface area contributed by atoms with Crippen LogP contribution in [0.15, 0.2) is 33.3 Å². The van der Waals surface area contributed by atoms with E-state index in [9.17, 15) is 9.59 Å². The van der Waals surface area contributed by atoms with E-state index < -0.39 is 11.1 Å². The molecule has 1 rings (SSSR count). The van der Waals surface area contributed by atoms with Gasteiger partial charge < -0.3 is 0 Å². The Balaban J connectivity index is 3.35. The molecule has 16 heavy (non-hydrogen) atoms. The number of hydrogen-bond donors (Lipinski definition) is 0. The van der Waals surface area contributed by atoms with E-state index in [0.717, 1.165) is 11.1 Å². The van der Waals surface area contributed by atoms with Gasteiger partial charge in [0.2, 0.25) is 12.2 Å². The van der Waals surface area contributed by atoms with Gasteiger partial charge in [0.15, 0.2) is 0 Å². The van der Waals surface area contributed by atoms with Gasteiger partial charge in [0.1, 0.15) is 11.1 Å². The molecule has 0 aromatic carbocycles. The number of rotatable bonds is 2. The van der Waals surface area contributed by atoms with Gasteiger partial charge in [-0.05, 0) is 38.8 Å². The Labute approximate surface area is 94.5 Å². The first kappa shape index (κ1) is 12.3. The minimum atomic E-state index is -0.677. The molecule has 1 aliphatic rings. The predicted octanol–water partition coefficient (Wildman–Crippen LogP) is 2.08. The Morgan fingerprint density at radius 1 is 0.938 bits per heavy atom. The summed E-state index contributed by atoms with van der Waals surface area (Å²) in [7, 11) is 0. The lowest BCUT2D eigenvalue weighted by Gasteiger charge is -2.33. The molecule has 0 radical (unpaired) electrons. The van der Waals surface area contributed by atoms with Crippen molar-refractivity contribution in [3.63, 3.8) is 0 Å². The summed E-state index contributed by atoms with van der Waals surface area (Å²) in [5.41, 5.74) is 0.374. The summed E-state index contributed by atoms with van der Waals surface area (Å²) in [6.45, 7) is 7.33. The van der Waals surface area contributed by atoms with Gasteiger partial charge >= 0.3 is 0 Å². The minimum absolute atomic E-state index is 0.677. The van der Waals surface area contributed by atoms with E-state index in [4.69, 9.17) is 0 Å². The molecule has 0 aliphatic heterocycles. The van der Waals surface area contributed by atoms with Crippen molar-refractivity contribution in [2.45, 2.75) is 38.8 Å². The Hall–Kier alpha value is -1.76. The van der Waals surface area contributed by atoms with Crippen LogP contribution in [0, 0.1) is 0 Å². The van der Waals surface area contributed by atoms with Gasteiger partial charge in [-0.3, -0.25) is 0 Å². The molecule has 84 valence electrons. The molecule has 0 amide bonds. The summed E-state index contributed by atoms with van der Waals surface area (Å²) in [6, 6.07) is 0. The third kappa shape index (κ3) is 1.94. The molecule has 1 aliphatic carbocycles. The molecule has 0 saturated carbocycles. The standard InChI is InChI=1S/C12H14N2O2/c1-9-5-12(4,14-8-16)10(2)6-11(9,3)13-7-15/h5-6H,1-4H3. The van der Waals surface area contributed by atoms with E-state index in [1.165, 1.54) is 0 Å². The lowest BCUT2D eigenvalue weighted by molar-refractivity contribution is 0.536. The zero-order valence-electron chi connectivity index (χ0n) is 9.87. The van der Waals surface area contributed by atoms with Crippen molar-refractivity contribution in [1.82, 2.24) is 0 Å². The molecule has 0 saturated heterocycles. The normalized spacial score (nSPS) is 33.0. The van der Waals surface area contributed by atoms with Crippen molar-refractivity contribution in [2.75, 3.05) is 0 Å². The van der Waals surface area contributed by atoms with Crippen LogP contribution in [0.4, 0.5) is 0 Å². The molecule has 0 fully saturated rings. The molecular weight excluding hydrogens is 204 g/mol. The zero-order chi connectivity index (χ0) is 12.4. The topological polar surface area (TPSA) is 58.9 Å². The van der Waals surface area contributed by atoms with Crippen LogP contribution in [0.25, 0.3) is 0 Å². The van der Waals surface area contributed by atoms with E-state index in [1.807, 2.05) is 39.8 Å². The number of carbonyl (C=O) groups excluding carboxylic acids is 2. The summed E-state index contributed by atoms with van der Waals surface area (Å²) >= 11 is 0. The van der Waals surface area contributed by atoms with Crippen molar-refractivity contribution in [3.8, 4) is 0 Å². The van der Waals surface area contributed by atoms with Crippen molar-refractivity contribution in [2.24, 2.45) is 9.98 Å². The van der Waals surface area contributed by atoms with Crippen molar-refractivity contribution in [3.05, 3.63) is 23.3 Å². The SMILES string of the molecule is CC1=CC(C)(N=C=O)C(C)=CC1(C)N=C=O. The molecule has 2 atom stereocenters. The molecule has 4 heteroatoms. The second-order valence-corrected chi connectivity index (χ2v) is 4.36. The predicted molar refractivity (Wildman–Crippen MR) is 60.6 cm³/mol. The maximum atomic E-state index is 10.4. The number of hydrogen-bond acceptors (Lipinski definition) is 4. The van der Waals surface area contributed by atoms with Gasteiger partial charge in [-0.25, -0.2) is 9.59 Å². The maximum absolute atomic E-state index is 10.4. The van der Waals surface area contributed by atoms with Crippen molar-refractivity contribution < 1.29 is 9.59 Å². The highest BCUT2D eigenvalue weighted by atomic mass is 16.1. The lowest BCUT2D eigenvalue weighted by Crippen LogP contribution is -2.33. The first-order valence-corrected chi connectivity index (χ1v) is 4.96.